The average Bonchev–Trinajstić information content (AvgIpc) is 2.32. The molecule has 0 fully saturated rings. The molecule has 1 heterocycles. The first-order chi connectivity index (χ1) is 8.39. The van der Waals surface area contributed by atoms with E-state index in [0.29, 0.717) is 4.64 Å². The van der Waals surface area contributed by atoms with E-state index in [9.17, 15) is 0 Å². The van der Waals surface area contributed by atoms with Gasteiger partial charge in [0.05, 0.1) is 10.2 Å². The molecule has 2 rings (SSSR count). The van der Waals surface area contributed by atoms with E-state index >= 15 is 0 Å². The summed E-state index contributed by atoms with van der Waals surface area (Å²) in [4.78, 5) is 7.83. The number of nitrogens with one attached hydrogen (secondary N) is 1. The summed E-state index contributed by atoms with van der Waals surface area (Å²) in [5.41, 5.74) is 2.03. The van der Waals surface area contributed by atoms with Crippen LogP contribution in [0.3, 0.4) is 0 Å². The Kier molecular flexibility index (Phi) is 3.69. The molecule has 0 atom stereocenters. The van der Waals surface area contributed by atoms with Crippen molar-refractivity contribution in [1.29, 1.82) is 0 Å². The fourth-order valence-electron chi connectivity index (χ4n) is 1.62. The third-order valence-corrected chi connectivity index (χ3v) is 3.97. The molecule has 0 amide bonds. The van der Waals surface area contributed by atoms with Crippen LogP contribution in [0.15, 0.2) is 34.8 Å². The summed E-state index contributed by atoms with van der Waals surface area (Å²) in [5, 5.41) is 0. The number of hydrogen-bond acceptors (Lipinski definition) is 2. The largest absolute Gasteiger partial charge is 0.342 e. The van der Waals surface area contributed by atoms with E-state index in [-0.39, 0.29) is 5.41 Å². The molecule has 2 aromatic rings. The second kappa shape index (κ2) is 4.94. The molecule has 0 unspecified atom stereocenters. The highest BCUT2D eigenvalue weighted by Gasteiger charge is 2.19. The average molecular weight is 323 g/mol. The van der Waals surface area contributed by atoms with Gasteiger partial charge in [-0.15, -0.1) is 0 Å². The second-order valence-electron chi connectivity index (χ2n) is 5.20. The van der Waals surface area contributed by atoms with Crippen molar-refractivity contribution in [3.8, 4) is 11.3 Å². The fraction of sp³-hybridized carbons (Fsp3) is 0.286. The van der Waals surface area contributed by atoms with Gasteiger partial charge in [0.25, 0.3) is 0 Å². The number of nitrogens with zero attached hydrogens (tertiary/aromatic N) is 1. The summed E-state index contributed by atoms with van der Waals surface area (Å²) >= 11 is 8.84. The van der Waals surface area contributed by atoms with Gasteiger partial charge in [-0.1, -0.05) is 63.3 Å². The van der Waals surface area contributed by atoms with Crippen molar-refractivity contribution < 1.29 is 0 Å². The van der Waals surface area contributed by atoms with Crippen LogP contribution in [0.2, 0.25) is 0 Å². The molecular formula is C14H15BrN2S. The van der Waals surface area contributed by atoms with Crippen molar-refractivity contribution in [3.63, 3.8) is 0 Å². The van der Waals surface area contributed by atoms with Crippen LogP contribution in [-0.4, -0.2) is 9.97 Å². The predicted molar refractivity (Wildman–Crippen MR) is 81.3 cm³/mol. The van der Waals surface area contributed by atoms with Crippen LogP contribution in [0, 0.1) is 4.64 Å². The molecule has 0 bridgehead atoms. The van der Waals surface area contributed by atoms with Crippen LogP contribution in [0.5, 0.6) is 0 Å². The van der Waals surface area contributed by atoms with Crippen LogP contribution in [-0.2, 0) is 5.41 Å². The fourth-order valence-corrected chi connectivity index (χ4v) is 2.23. The van der Waals surface area contributed by atoms with Crippen LogP contribution >= 0.6 is 28.1 Å². The molecule has 0 aliphatic heterocycles. The minimum absolute atomic E-state index is 0.0577. The number of aromatic nitrogens is 2. The van der Waals surface area contributed by atoms with Crippen molar-refractivity contribution in [1.82, 2.24) is 9.97 Å². The standard InChI is InChI=1S/C14H15BrN2S/c1-14(2,3)13-16-11(10(15)12(18)17-13)9-7-5-4-6-8-9/h4-8H,1-3H3,(H,16,17,18). The van der Waals surface area contributed by atoms with Crippen LogP contribution in [0.4, 0.5) is 0 Å². The van der Waals surface area contributed by atoms with Crippen molar-refractivity contribution in [2.45, 2.75) is 26.2 Å². The van der Waals surface area contributed by atoms with E-state index < -0.39 is 0 Å². The summed E-state index contributed by atoms with van der Waals surface area (Å²) in [6.45, 7) is 6.34. The Bertz CT molecular complexity index is 612. The van der Waals surface area contributed by atoms with Crippen LogP contribution in [0.1, 0.15) is 26.6 Å². The molecule has 0 radical (unpaired) electrons. The van der Waals surface area contributed by atoms with Gasteiger partial charge in [0, 0.05) is 5.41 Å². The van der Waals surface area contributed by atoms with Gasteiger partial charge < -0.3 is 4.98 Å². The second-order valence-corrected chi connectivity index (χ2v) is 6.38. The minimum Gasteiger partial charge on any atom is -0.342 e. The summed E-state index contributed by atoms with van der Waals surface area (Å²) in [6, 6.07) is 10.1. The maximum Gasteiger partial charge on any atom is 0.144 e. The molecule has 2 nitrogen and oxygen atoms in total. The zero-order valence-corrected chi connectivity index (χ0v) is 13.0. The maximum absolute atomic E-state index is 5.32. The molecule has 4 heteroatoms. The van der Waals surface area contributed by atoms with E-state index in [1.807, 2.05) is 18.2 Å². The molecule has 0 saturated carbocycles. The first-order valence-electron chi connectivity index (χ1n) is 5.75. The van der Waals surface area contributed by atoms with Crippen molar-refractivity contribution >= 4 is 28.1 Å². The lowest BCUT2D eigenvalue weighted by Gasteiger charge is -2.19. The van der Waals surface area contributed by atoms with Gasteiger partial charge in [-0.25, -0.2) is 4.98 Å². The molecule has 1 N–H and O–H groups in total. The molecular weight excluding hydrogens is 308 g/mol. The molecule has 18 heavy (non-hydrogen) atoms. The number of hydrogen-bond donors (Lipinski definition) is 1. The molecule has 1 aromatic heterocycles. The number of aromatic amines is 1. The van der Waals surface area contributed by atoms with Crippen LogP contribution < -0.4 is 0 Å². The highest BCUT2D eigenvalue weighted by Crippen LogP contribution is 2.29. The first-order valence-corrected chi connectivity index (χ1v) is 6.95. The lowest BCUT2D eigenvalue weighted by atomic mass is 9.95. The van der Waals surface area contributed by atoms with Gasteiger partial charge in [0.1, 0.15) is 10.5 Å². The van der Waals surface area contributed by atoms with Gasteiger partial charge in [0.15, 0.2) is 0 Å². The smallest absolute Gasteiger partial charge is 0.144 e. The molecule has 0 spiro atoms. The summed E-state index contributed by atoms with van der Waals surface area (Å²) in [6.07, 6.45) is 0. The van der Waals surface area contributed by atoms with E-state index in [2.05, 4.69) is 58.8 Å². The maximum atomic E-state index is 5.32. The topological polar surface area (TPSA) is 28.7 Å². The Morgan fingerprint density at radius 1 is 1.17 bits per heavy atom. The normalized spacial score (nSPS) is 11.6. The Labute approximate surface area is 121 Å². The van der Waals surface area contributed by atoms with Gasteiger partial charge >= 0.3 is 0 Å². The monoisotopic (exact) mass is 322 g/mol. The van der Waals surface area contributed by atoms with Gasteiger partial charge in [-0.2, -0.15) is 0 Å². The predicted octanol–water partition coefficient (Wildman–Crippen LogP) is 4.87. The Hall–Kier alpha value is -1.00. The van der Waals surface area contributed by atoms with Crippen molar-refractivity contribution in [3.05, 3.63) is 45.3 Å². The van der Waals surface area contributed by atoms with Gasteiger partial charge in [-0.3, -0.25) is 0 Å². The Balaban J connectivity index is 2.68. The lowest BCUT2D eigenvalue weighted by Crippen LogP contribution is -2.16. The first kappa shape index (κ1) is 13.4. The molecule has 94 valence electrons. The Morgan fingerprint density at radius 2 is 1.78 bits per heavy atom. The SMILES string of the molecule is CC(C)(C)c1nc(=S)c(Br)c(-c2ccccc2)[nH]1. The number of benzene rings is 1. The van der Waals surface area contributed by atoms with Crippen LogP contribution in [0.25, 0.3) is 11.3 Å². The molecule has 0 aliphatic rings. The van der Waals surface area contributed by atoms with Gasteiger partial charge in [0.2, 0.25) is 0 Å². The van der Waals surface area contributed by atoms with E-state index in [4.69, 9.17) is 12.2 Å². The lowest BCUT2D eigenvalue weighted by molar-refractivity contribution is 0.544. The third-order valence-electron chi connectivity index (χ3n) is 2.64. The summed E-state index contributed by atoms with van der Waals surface area (Å²) < 4.78 is 1.44. The van der Waals surface area contributed by atoms with Gasteiger partial charge in [-0.05, 0) is 21.5 Å². The zero-order valence-electron chi connectivity index (χ0n) is 10.6. The number of rotatable bonds is 1. The minimum atomic E-state index is -0.0577. The molecule has 1 aromatic carbocycles. The number of halogens is 1. The van der Waals surface area contributed by atoms with E-state index in [0.717, 1.165) is 21.6 Å². The Morgan fingerprint density at radius 3 is 2.33 bits per heavy atom. The summed E-state index contributed by atoms with van der Waals surface area (Å²) in [5.74, 6) is 0.898. The highest BCUT2D eigenvalue weighted by molar-refractivity contribution is 9.10. The molecule has 0 aliphatic carbocycles. The molecule has 0 saturated heterocycles. The quantitative estimate of drug-likeness (QED) is 0.759. The van der Waals surface area contributed by atoms with E-state index in [1.54, 1.807) is 0 Å². The van der Waals surface area contributed by atoms with Crippen molar-refractivity contribution in [2.75, 3.05) is 0 Å². The van der Waals surface area contributed by atoms with Crippen molar-refractivity contribution in [2.24, 2.45) is 0 Å². The zero-order chi connectivity index (χ0) is 13.3. The third kappa shape index (κ3) is 2.70. The van der Waals surface area contributed by atoms with E-state index in [1.165, 1.54) is 0 Å². The highest BCUT2D eigenvalue weighted by atomic mass is 79.9. The number of H-pyrrole nitrogens is 1. The summed E-state index contributed by atoms with van der Waals surface area (Å²) in [7, 11) is 0.